The third kappa shape index (κ3) is 5.53. The lowest BCUT2D eigenvalue weighted by molar-refractivity contribution is 0.102. The maximum Gasteiger partial charge on any atom is 0.255 e. The Kier molecular flexibility index (Phi) is 6.68. The fourth-order valence-corrected chi connectivity index (χ4v) is 3.98. The number of carbonyl (C=O) groups is 1. The molecule has 1 aliphatic rings. The van der Waals surface area contributed by atoms with Crippen molar-refractivity contribution in [1.82, 2.24) is 4.90 Å². The molecule has 0 aromatic heterocycles. The van der Waals surface area contributed by atoms with Gasteiger partial charge in [0.25, 0.3) is 5.91 Å². The monoisotopic (exact) mass is 413 g/mol. The molecular weight excluding hydrogens is 382 g/mol. The van der Waals surface area contributed by atoms with E-state index in [0.29, 0.717) is 11.5 Å². The fourth-order valence-electron chi connectivity index (χ4n) is 3.98. The third-order valence-electron chi connectivity index (χ3n) is 5.95. The summed E-state index contributed by atoms with van der Waals surface area (Å²) in [6, 6.07) is 26.7. The Morgan fingerprint density at radius 1 is 0.839 bits per heavy atom. The van der Waals surface area contributed by atoms with Crippen molar-refractivity contribution in [3.05, 3.63) is 95.6 Å². The van der Waals surface area contributed by atoms with Gasteiger partial charge < -0.3 is 10.2 Å². The van der Waals surface area contributed by atoms with Gasteiger partial charge in [-0.2, -0.15) is 0 Å². The van der Waals surface area contributed by atoms with E-state index in [4.69, 9.17) is 0 Å². The quantitative estimate of drug-likeness (QED) is 0.589. The number of piperazine rings is 1. The van der Waals surface area contributed by atoms with E-state index in [1.165, 1.54) is 16.8 Å². The van der Waals surface area contributed by atoms with E-state index in [-0.39, 0.29) is 5.91 Å². The summed E-state index contributed by atoms with van der Waals surface area (Å²) >= 11 is 0. The molecule has 1 fully saturated rings. The highest BCUT2D eigenvalue weighted by Gasteiger charge is 2.17. The SMILES string of the molecule is CC(C)c1ccc(C(=O)Nc2ccc(N3CCN(Cc4ccccc4)CC3)cc2)cc1. The van der Waals surface area contributed by atoms with Crippen LogP contribution in [0.25, 0.3) is 0 Å². The zero-order valence-electron chi connectivity index (χ0n) is 18.4. The molecule has 3 aromatic carbocycles. The largest absolute Gasteiger partial charge is 0.369 e. The zero-order valence-corrected chi connectivity index (χ0v) is 18.4. The number of nitrogens with zero attached hydrogens (tertiary/aromatic N) is 2. The highest BCUT2D eigenvalue weighted by Crippen LogP contribution is 2.21. The molecule has 1 amide bonds. The normalized spacial score (nSPS) is 14.6. The molecule has 3 aromatic rings. The van der Waals surface area contributed by atoms with Crippen molar-refractivity contribution in [2.24, 2.45) is 0 Å². The van der Waals surface area contributed by atoms with Crippen molar-refractivity contribution in [3.63, 3.8) is 0 Å². The summed E-state index contributed by atoms with van der Waals surface area (Å²) in [6.45, 7) is 9.46. The minimum absolute atomic E-state index is 0.0717. The van der Waals surface area contributed by atoms with Crippen molar-refractivity contribution in [3.8, 4) is 0 Å². The number of amides is 1. The Hall–Kier alpha value is -3.11. The molecule has 160 valence electrons. The van der Waals surface area contributed by atoms with Crippen LogP contribution in [0, 0.1) is 0 Å². The third-order valence-corrected chi connectivity index (χ3v) is 5.95. The topological polar surface area (TPSA) is 35.6 Å². The number of anilines is 2. The summed E-state index contributed by atoms with van der Waals surface area (Å²) in [5.74, 6) is 0.391. The molecule has 0 unspecified atom stereocenters. The molecule has 0 bridgehead atoms. The van der Waals surface area contributed by atoms with E-state index in [1.807, 2.05) is 36.4 Å². The summed E-state index contributed by atoms with van der Waals surface area (Å²) in [5.41, 5.74) is 5.32. The van der Waals surface area contributed by atoms with Gasteiger partial charge >= 0.3 is 0 Å². The zero-order chi connectivity index (χ0) is 21.6. The molecule has 1 N–H and O–H groups in total. The van der Waals surface area contributed by atoms with Gasteiger partial charge in [0.2, 0.25) is 0 Å². The number of benzene rings is 3. The van der Waals surface area contributed by atoms with Gasteiger partial charge in [-0.1, -0.05) is 56.3 Å². The fraction of sp³-hybridized carbons (Fsp3) is 0.296. The van der Waals surface area contributed by atoms with Crippen LogP contribution in [0.5, 0.6) is 0 Å². The Morgan fingerprint density at radius 2 is 1.48 bits per heavy atom. The number of hydrogen-bond acceptors (Lipinski definition) is 3. The van der Waals surface area contributed by atoms with Gasteiger partial charge in [0.05, 0.1) is 0 Å². The Bertz CT molecular complexity index is 973. The van der Waals surface area contributed by atoms with Crippen molar-refractivity contribution in [2.75, 3.05) is 36.4 Å². The van der Waals surface area contributed by atoms with Gasteiger partial charge in [0.1, 0.15) is 0 Å². The van der Waals surface area contributed by atoms with Gasteiger partial charge in [-0.25, -0.2) is 0 Å². The van der Waals surface area contributed by atoms with E-state index >= 15 is 0 Å². The first-order valence-electron chi connectivity index (χ1n) is 11.1. The lowest BCUT2D eigenvalue weighted by Crippen LogP contribution is -2.45. The molecule has 1 heterocycles. The minimum atomic E-state index is -0.0717. The van der Waals surface area contributed by atoms with E-state index in [2.05, 4.69) is 71.4 Å². The van der Waals surface area contributed by atoms with Crippen LogP contribution in [-0.2, 0) is 6.54 Å². The number of hydrogen-bond donors (Lipinski definition) is 1. The number of carbonyl (C=O) groups excluding carboxylic acids is 1. The standard InChI is InChI=1S/C27H31N3O/c1-21(2)23-8-10-24(11-9-23)27(31)28-25-12-14-26(15-13-25)30-18-16-29(17-19-30)20-22-6-4-3-5-7-22/h3-15,21H,16-20H2,1-2H3,(H,28,31). The Balaban J connectivity index is 1.30. The van der Waals surface area contributed by atoms with Crippen LogP contribution in [-0.4, -0.2) is 37.0 Å². The molecule has 0 saturated carbocycles. The molecular formula is C27H31N3O. The van der Waals surface area contributed by atoms with Crippen LogP contribution in [0.1, 0.15) is 41.3 Å². The smallest absolute Gasteiger partial charge is 0.255 e. The van der Waals surface area contributed by atoms with E-state index < -0.39 is 0 Å². The molecule has 1 aliphatic heterocycles. The van der Waals surface area contributed by atoms with Crippen LogP contribution >= 0.6 is 0 Å². The van der Waals surface area contributed by atoms with Crippen molar-refractivity contribution < 1.29 is 4.79 Å². The van der Waals surface area contributed by atoms with Crippen LogP contribution in [0.2, 0.25) is 0 Å². The number of rotatable bonds is 6. The number of nitrogens with one attached hydrogen (secondary N) is 1. The molecule has 4 nitrogen and oxygen atoms in total. The summed E-state index contributed by atoms with van der Waals surface area (Å²) in [7, 11) is 0. The van der Waals surface area contributed by atoms with Crippen LogP contribution in [0.4, 0.5) is 11.4 Å². The average molecular weight is 414 g/mol. The second kappa shape index (κ2) is 9.80. The van der Waals surface area contributed by atoms with Gasteiger partial charge in [-0.3, -0.25) is 9.69 Å². The summed E-state index contributed by atoms with van der Waals surface area (Å²) in [6.07, 6.45) is 0. The lowest BCUT2D eigenvalue weighted by atomic mass is 10.0. The Morgan fingerprint density at radius 3 is 2.10 bits per heavy atom. The molecule has 4 heteroatoms. The van der Waals surface area contributed by atoms with Gasteiger partial charge in [-0.05, 0) is 53.4 Å². The van der Waals surface area contributed by atoms with E-state index in [9.17, 15) is 4.79 Å². The lowest BCUT2D eigenvalue weighted by Gasteiger charge is -2.36. The first-order valence-corrected chi connectivity index (χ1v) is 11.1. The van der Waals surface area contributed by atoms with E-state index in [1.54, 1.807) is 0 Å². The van der Waals surface area contributed by atoms with E-state index in [0.717, 1.165) is 38.4 Å². The first-order chi connectivity index (χ1) is 15.1. The molecule has 0 radical (unpaired) electrons. The molecule has 0 atom stereocenters. The second-order valence-electron chi connectivity index (χ2n) is 8.53. The maximum atomic E-state index is 12.5. The predicted molar refractivity (Wildman–Crippen MR) is 129 cm³/mol. The molecule has 0 spiro atoms. The summed E-state index contributed by atoms with van der Waals surface area (Å²) in [4.78, 5) is 17.5. The summed E-state index contributed by atoms with van der Waals surface area (Å²) in [5, 5.41) is 3.01. The minimum Gasteiger partial charge on any atom is -0.369 e. The van der Waals surface area contributed by atoms with Crippen molar-refractivity contribution in [1.29, 1.82) is 0 Å². The molecule has 4 rings (SSSR count). The first kappa shape index (κ1) is 21.1. The van der Waals surface area contributed by atoms with Crippen LogP contribution in [0.15, 0.2) is 78.9 Å². The molecule has 1 saturated heterocycles. The second-order valence-corrected chi connectivity index (χ2v) is 8.53. The maximum absolute atomic E-state index is 12.5. The van der Waals surface area contributed by atoms with Gasteiger partial charge in [-0.15, -0.1) is 0 Å². The van der Waals surface area contributed by atoms with Crippen LogP contribution in [0.3, 0.4) is 0 Å². The highest BCUT2D eigenvalue weighted by atomic mass is 16.1. The predicted octanol–water partition coefficient (Wildman–Crippen LogP) is 5.38. The average Bonchev–Trinajstić information content (AvgIpc) is 2.81. The molecule has 0 aliphatic carbocycles. The highest BCUT2D eigenvalue weighted by molar-refractivity contribution is 6.04. The van der Waals surface area contributed by atoms with Gasteiger partial charge in [0, 0.05) is 49.7 Å². The van der Waals surface area contributed by atoms with Crippen molar-refractivity contribution in [2.45, 2.75) is 26.3 Å². The Labute approximate surface area is 185 Å². The van der Waals surface area contributed by atoms with Gasteiger partial charge in [0.15, 0.2) is 0 Å². The summed E-state index contributed by atoms with van der Waals surface area (Å²) < 4.78 is 0. The van der Waals surface area contributed by atoms with Crippen LogP contribution < -0.4 is 10.2 Å². The molecule has 31 heavy (non-hydrogen) atoms. The van der Waals surface area contributed by atoms with Crippen molar-refractivity contribution >= 4 is 17.3 Å².